The average molecular weight is 215 g/mol. The van der Waals surface area contributed by atoms with Crippen LogP contribution in [0.1, 0.15) is 5.56 Å². The van der Waals surface area contributed by atoms with Crippen LogP contribution in [0.4, 0.5) is 0 Å². The quantitative estimate of drug-likeness (QED) is 0.783. The summed E-state index contributed by atoms with van der Waals surface area (Å²) in [6.07, 6.45) is 1.77. The molecule has 82 valence electrons. The van der Waals surface area contributed by atoms with Crippen molar-refractivity contribution in [1.82, 2.24) is 4.57 Å². The summed E-state index contributed by atoms with van der Waals surface area (Å²) in [5, 5.41) is 0. The van der Waals surface area contributed by atoms with Gasteiger partial charge in [0.1, 0.15) is 5.75 Å². The number of hydrogen-bond acceptors (Lipinski definition) is 2. The van der Waals surface area contributed by atoms with Crippen LogP contribution in [-0.4, -0.2) is 11.7 Å². The van der Waals surface area contributed by atoms with Gasteiger partial charge in [-0.2, -0.15) is 0 Å². The molecule has 1 aromatic carbocycles. The second kappa shape index (κ2) is 4.66. The molecule has 0 spiro atoms. The smallest absolute Gasteiger partial charge is 0.250 e. The third-order valence-corrected chi connectivity index (χ3v) is 2.43. The number of methoxy groups -OCH3 is 1. The van der Waals surface area contributed by atoms with E-state index in [1.807, 2.05) is 30.3 Å². The summed E-state index contributed by atoms with van der Waals surface area (Å²) in [6.45, 7) is 0.531. The molecule has 0 aliphatic rings. The molecular formula is C13H13NO2. The minimum absolute atomic E-state index is 0.00611. The third kappa shape index (κ3) is 2.14. The molecule has 0 amide bonds. The van der Waals surface area contributed by atoms with Crippen LogP contribution in [0.5, 0.6) is 5.75 Å². The van der Waals surface area contributed by atoms with Gasteiger partial charge in [-0.3, -0.25) is 4.79 Å². The Morgan fingerprint density at radius 3 is 2.62 bits per heavy atom. The molecule has 0 saturated heterocycles. The van der Waals surface area contributed by atoms with E-state index in [9.17, 15) is 4.79 Å². The van der Waals surface area contributed by atoms with Gasteiger partial charge in [0.25, 0.3) is 5.56 Å². The van der Waals surface area contributed by atoms with E-state index in [0.29, 0.717) is 6.54 Å². The normalized spacial score (nSPS) is 10.1. The zero-order chi connectivity index (χ0) is 11.4. The number of ether oxygens (including phenoxy) is 1. The van der Waals surface area contributed by atoms with Crippen LogP contribution < -0.4 is 10.3 Å². The van der Waals surface area contributed by atoms with Gasteiger partial charge in [-0.15, -0.1) is 0 Å². The highest BCUT2D eigenvalue weighted by Gasteiger charge is 2.02. The number of nitrogens with zero attached hydrogens (tertiary/aromatic N) is 1. The van der Waals surface area contributed by atoms with Gasteiger partial charge < -0.3 is 9.30 Å². The van der Waals surface area contributed by atoms with Crippen LogP contribution in [0.25, 0.3) is 0 Å². The summed E-state index contributed by atoms with van der Waals surface area (Å²) in [7, 11) is 1.63. The van der Waals surface area contributed by atoms with Gasteiger partial charge in [0, 0.05) is 17.8 Å². The molecule has 0 fully saturated rings. The highest BCUT2D eigenvalue weighted by atomic mass is 16.5. The van der Waals surface area contributed by atoms with Crippen LogP contribution in [0.3, 0.4) is 0 Å². The topological polar surface area (TPSA) is 31.2 Å². The van der Waals surface area contributed by atoms with E-state index in [1.54, 1.807) is 30.0 Å². The molecule has 0 atom stereocenters. The monoisotopic (exact) mass is 215 g/mol. The van der Waals surface area contributed by atoms with E-state index in [1.165, 1.54) is 0 Å². The average Bonchev–Trinajstić information content (AvgIpc) is 2.33. The number of hydrogen-bond donors (Lipinski definition) is 0. The van der Waals surface area contributed by atoms with Crippen LogP contribution in [0, 0.1) is 0 Å². The first-order valence-corrected chi connectivity index (χ1v) is 5.08. The molecule has 0 bridgehead atoms. The fourth-order valence-electron chi connectivity index (χ4n) is 1.61. The minimum Gasteiger partial charge on any atom is -0.496 e. The van der Waals surface area contributed by atoms with Crippen LogP contribution in [-0.2, 0) is 6.54 Å². The minimum atomic E-state index is -0.00611. The van der Waals surface area contributed by atoms with Crippen molar-refractivity contribution in [2.75, 3.05) is 7.11 Å². The zero-order valence-corrected chi connectivity index (χ0v) is 9.09. The predicted octanol–water partition coefficient (Wildman–Crippen LogP) is 1.91. The summed E-state index contributed by atoms with van der Waals surface area (Å²) in [6, 6.07) is 12.8. The van der Waals surface area contributed by atoms with Crippen molar-refractivity contribution >= 4 is 0 Å². The van der Waals surface area contributed by atoms with Crippen LogP contribution in [0.15, 0.2) is 53.5 Å². The molecule has 3 nitrogen and oxygen atoms in total. The van der Waals surface area contributed by atoms with Crippen molar-refractivity contribution in [3.05, 3.63) is 64.6 Å². The Bertz CT molecular complexity index is 531. The van der Waals surface area contributed by atoms with Gasteiger partial charge in [-0.05, 0) is 12.1 Å². The van der Waals surface area contributed by atoms with Crippen molar-refractivity contribution in [2.24, 2.45) is 0 Å². The van der Waals surface area contributed by atoms with E-state index in [0.717, 1.165) is 11.3 Å². The lowest BCUT2D eigenvalue weighted by Gasteiger charge is -2.09. The second-order valence-electron chi connectivity index (χ2n) is 3.48. The highest BCUT2D eigenvalue weighted by molar-refractivity contribution is 5.33. The number of aromatic nitrogens is 1. The van der Waals surface area contributed by atoms with Gasteiger partial charge in [0.05, 0.1) is 13.7 Å². The van der Waals surface area contributed by atoms with Gasteiger partial charge in [0.2, 0.25) is 0 Å². The first-order valence-electron chi connectivity index (χ1n) is 5.08. The Morgan fingerprint density at radius 2 is 1.88 bits per heavy atom. The Labute approximate surface area is 93.9 Å². The third-order valence-electron chi connectivity index (χ3n) is 2.43. The largest absolute Gasteiger partial charge is 0.496 e. The number of benzene rings is 1. The van der Waals surface area contributed by atoms with Gasteiger partial charge in [-0.25, -0.2) is 0 Å². The van der Waals surface area contributed by atoms with Gasteiger partial charge in [0.15, 0.2) is 0 Å². The summed E-state index contributed by atoms with van der Waals surface area (Å²) >= 11 is 0. The Hall–Kier alpha value is -2.03. The molecule has 0 radical (unpaired) electrons. The maximum Gasteiger partial charge on any atom is 0.250 e. The summed E-state index contributed by atoms with van der Waals surface area (Å²) in [5.74, 6) is 0.804. The maximum absolute atomic E-state index is 11.5. The molecule has 1 heterocycles. The first-order chi connectivity index (χ1) is 7.81. The maximum atomic E-state index is 11.5. The summed E-state index contributed by atoms with van der Waals surface area (Å²) in [5.41, 5.74) is 0.992. The standard InChI is InChI=1S/C13H13NO2/c1-16-12-7-3-2-6-11(12)10-14-9-5-4-8-13(14)15/h2-9H,10H2,1H3. The number of rotatable bonds is 3. The Balaban J connectivity index is 2.34. The molecule has 3 heteroatoms. The van der Waals surface area contributed by atoms with E-state index in [-0.39, 0.29) is 5.56 Å². The first kappa shape index (κ1) is 10.5. The fourth-order valence-corrected chi connectivity index (χ4v) is 1.61. The van der Waals surface area contributed by atoms with E-state index < -0.39 is 0 Å². The number of pyridine rings is 1. The SMILES string of the molecule is COc1ccccc1Cn1ccccc1=O. The molecule has 0 unspecified atom stereocenters. The predicted molar refractivity (Wildman–Crippen MR) is 62.8 cm³/mol. The number of para-hydroxylation sites is 1. The molecule has 2 aromatic rings. The lowest BCUT2D eigenvalue weighted by molar-refractivity contribution is 0.408. The van der Waals surface area contributed by atoms with Gasteiger partial charge >= 0.3 is 0 Å². The fraction of sp³-hybridized carbons (Fsp3) is 0.154. The van der Waals surface area contributed by atoms with E-state index in [2.05, 4.69) is 0 Å². The molecule has 0 aliphatic heterocycles. The molecule has 16 heavy (non-hydrogen) atoms. The van der Waals surface area contributed by atoms with Crippen molar-refractivity contribution < 1.29 is 4.74 Å². The summed E-state index contributed by atoms with van der Waals surface area (Å²) < 4.78 is 6.89. The molecule has 2 rings (SSSR count). The lowest BCUT2D eigenvalue weighted by Crippen LogP contribution is -2.18. The molecule has 0 N–H and O–H groups in total. The molecule has 0 aliphatic carbocycles. The molecular weight excluding hydrogens is 202 g/mol. The Morgan fingerprint density at radius 1 is 1.12 bits per heavy atom. The van der Waals surface area contributed by atoms with E-state index >= 15 is 0 Å². The van der Waals surface area contributed by atoms with Crippen LogP contribution >= 0.6 is 0 Å². The second-order valence-corrected chi connectivity index (χ2v) is 3.48. The molecule has 1 aromatic heterocycles. The van der Waals surface area contributed by atoms with Crippen LogP contribution in [0.2, 0.25) is 0 Å². The van der Waals surface area contributed by atoms with E-state index in [4.69, 9.17) is 4.74 Å². The van der Waals surface area contributed by atoms with Gasteiger partial charge in [-0.1, -0.05) is 24.3 Å². The van der Waals surface area contributed by atoms with Crippen molar-refractivity contribution in [3.8, 4) is 5.75 Å². The lowest BCUT2D eigenvalue weighted by atomic mass is 10.2. The summed E-state index contributed by atoms with van der Waals surface area (Å²) in [4.78, 5) is 11.5. The zero-order valence-electron chi connectivity index (χ0n) is 9.09. The Kier molecular flexibility index (Phi) is 3.05. The van der Waals surface area contributed by atoms with Crippen molar-refractivity contribution in [2.45, 2.75) is 6.54 Å². The van der Waals surface area contributed by atoms with Crippen molar-refractivity contribution in [3.63, 3.8) is 0 Å². The van der Waals surface area contributed by atoms with Crippen molar-refractivity contribution in [1.29, 1.82) is 0 Å². The highest BCUT2D eigenvalue weighted by Crippen LogP contribution is 2.17. The molecule has 0 saturated carbocycles.